The minimum atomic E-state index is 0.427. The van der Waals surface area contributed by atoms with E-state index in [0.717, 1.165) is 11.4 Å². The molecule has 1 aliphatic carbocycles. The molecule has 24 heavy (non-hydrogen) atoms. The molecule has 3 atom stereocenters. The van der Waals surface area contributed by atoms with Crippen LogP contribution in [0.15, 0.2) is 71.2 Å². The Hall–Kier alpha value is -0.821. The fraction of sp³-hybridized carbons (Fsp3) is 0.333. The second-order valence-corrected chi connectivity index (χ2v) is 11.1. The predicted octanol–water partition coefficient (Wildman–Crippen LogP) is 2.92. The summed E-state index contributed by atoms with van der Waals surface area (Å²) >= 11 is 0.980. The Morgan fingerprint density at radius 2 is 1.58 bits per heavy atom. The van der Waals surface area contributed by atoms with Gasteiger partial charge < -0.3 is 0 Å². The van der Waals surface area contributed by atoms with Crippen molar-refractivity contribution < 1.29 is 4.74 Å². The summed E-state index contributed by atoms with van der Waals surface area (Å²) in [5.74, 6) is 0.671. The third kappa shape index (κ3) is 3.87. The maximum absolute atomic E-state index is 6.18. The van der Waals surface area contributed by atoms with Gasteiger partial charge in [-0.2, -0.15) is 0 Å². The fourth-order valence-electron chi connectivity index (χ4n) is 3.64. The summed E-state index contributed by atoms with van der Waals surface area (Å²) < 4.78 is 9.18. The molecule has 0 N–H and O–H groups in total. The van der Waals surface area contributed by atoms with Crippen molar-refractivity contribution in [2.45, 2.75) is 30.2 Å². The van der Waals surface area contributed by atoms with Crippen molar-refractivity contribution in [2.24, 2.45) is 5.92 Å². The first-order chi connectivity index (χ1) is 11.9. The molecular weight excluding hydrogens is 426 g/mol. The Balaban J connectivity index is 1.51. The van der Waals surface area contributed by atoms with Crippen molar-refractivity contribution in [3.05, 3.63) is 71.2 Å². The van der Waals surface area contributed by atoms with Crippen LogP contribution in [-0.2, 0) is 4.74 Å². The zero-order valence-corrected chi connectivity index (χ0v) is 17.1. The van der Waals surface area contributed by atoms with Gasteiger partial charge in [-0.1, -0.05) is 0 Å². The molecule has 2 aliphatic rings. The normalized spacial score (nSPS) is 28.0. The van der Waals surface area contributed by atoms with Crippen LogP contribution in [0, 0.1) is 5.92 Å². The van der Waals surface area contributed by atoms with Crippen LogP contribution in [0.3, 0.4) is 0 Å². The topological polar surface area (TPSA) is 9.23 Å². The van der Waals surface area contributed by atoms with Crippen molar-refractivity contribution in [3.63, 3.8) is 0 Å². The molecule has 3 heteroatoms. The van der Waals surface area contributed by atoms with Crippen LogP contribution in [0.2, 0.25) is 4.82 Å². The van der Waals surface area contributed by atoms with E-state index in [9.17, 15) is 0 Å². The van der Waals surface area contributed by atoms with E-state index in [1.807, 2.05) is 0 Å². The molecule has 0 aromatic heterocycles. The zero-order chi connectivity index (χ0) is 16.2. The maximum atomic E-state index is 6.18. The molecule has 2 fully saturated rings. The number of hydrogen-bond acceptors (Lipinski definition) is 1. The molecule has 1 nitrogen and oxygen atoms in total. The summed E-state index contributed by atoms with van der Waals surface area (Å²) in [7, 11) is 0. The van der Waals surface area contributed by atoms with Gasteiger partial charge in [0.2, 0.25) is 0 Å². The molecular formula is C21H22OSe2. The summed E-state index contributed by atoms with van der Waals surface area (Å²) in [5, 5.41) is 0. The van der Waals surface area contributed by atoms with Crippen molar-refractivity contribution in [1.82, 2.24) is 0 Å². The molecule has 0 spiro atoms. The molecule has 1 aliphatic heterocycles. The number of fused-ring (bicyclic) bond motifs is 1. The van der Waals surface area contributed by atoms with Crippen LogP contribution in [0.1, 0.15) is 19.3 Å². The summed E-state index contributed by atoms with van der Waals surface area (Å²) in [5.41, 5.74) is 1.59. The van der Waals surface area contributed by atoms with Crippen LogP contribution < -0.4 is 8.92 Å². The fourth-order valence-corrected chi connectivity index (χ4v) is 8.41. The molecule has 1 saturated heterocycles. The van der Waals surface area contributed by atoms with E-state index in [-0.39, 0.29) is 0 Å². The number of ether oxygens (including phenoxy) is 1. The van der Waals surface area contributed by atoms with Crippen LogP contribution in [0.5, 0.6) is 0 Å². The molecule has 1 heterocycles. The number of hydrogen-bond donors (Lipinski definition) is 0. The molecule has 0 bridgehead atoms. The van der Waals surface area contributed by atoms with Crippen molar-refractivity contribution in [1.29, 1.82) is 0 Å². The predicted molar refractivity (Wildman–Crippen MR) is 103 cm³/mol. The third-order valence-electron chi connectivity index (χ3n) is 4.79. The average molecular weight is 448 g/mol. The van der Waals surface area contributed by atoms with Gasteiger partial charge in [0, 0.05) is 0 Å². The first-order valence-electron chi connectivity index (χ1n) is 8.64. The Kier molecular flexibility index (Phi) is 5.57. The molecule has 2 aromatic carbocycles. The summed E-state index contributed by atoms with van der Waals surface area (Å²) in [6.45, 7) is 0.866. The van der Waals surface area contributed by atoms with Gasteiger partial charge in [0.1, 0.15) is 0 Å². The van der Waals surface area contributed by atoms with Gasteiger partial charge in [-0.05, 0) is 0 Å². The Labute approximate surface area is 157 Å². The Morgan fingerprint density at radius 3 is 2.33 bits per heavy atom. The SMILES string of the molecule is C(/[Se]c1ccccc1)=C1\CO[C@@H]2CCC[C@H]([Se]c3ccccc3)[C@H]12. The van der Waals surface area contributed by atoms with E-state index < -0.39 is 0 Å². The molecule has 0 radical (unpaired) electrons. The van der Waals surface area contributed by atoms with Gasteiger partial charge in [-0.25, -0.2) is 0 Å². The van der Waals surface area contributed by atoms with Crippen LogP contribution in [0.4, 0.5) is 0 Å². The first kappa shape index (κ1) is 16.6. The average Bonchev–Trinajstić information content (AvgIpc) is 3.06. The van der Waals surface area contributed by atoms with Crippen molar-refractivity contribution in [3.8, 4) is 0 Å². The van der Waals surface area contributed by atoms with Crippen LogP contribution in [0.25, 0.3) is 0 Å². The number of benzene rings is 2. The second-order valence-electron chi connectivity index (χ2n) is 6.40. The van der Waals surface area contributed by atoms with Gasteiger partial charge in [-0.15, -0.1) is 0 Å². The molecule has 0 unspecified atom stereocenters. The van der Waals surface area contributed by atoms with Crippen molar-refractivity contribution in [2.75, 3.05) is 6.61 Å². The molecule has 124 valence electrons. The standard InChI is InChI=1S/C21H22OSe2/c1-3-8-17(9-4-1)23-15-16-14-22-19-12-7-13-20(21(16)19)24-18-10-5-2-6-11-18/h1-6,8-11,15,19-21H,7,12-14H2/b16-15-/t19-,20+,21-/m1/s1. The van der Waals surface area contributed by atoms with Crippen LogP contribution >= 0.6 is 0 Å². The van der Waals surface area contributed by atoms with Crippen LogP contribution in [-0.4, -0.2) is 42.6 Å². The Bertz CT molecular complexity index is 683. The number of rotatable bonds is 4. The van der Waals surface area contributed by atoms with E-state index in [2.05, 4.69) is 65.6 Å². The summed E-state index contributed by atoms with van der Waals surface area (Å²) in [6, 6.07) is 22.0. The van der Waals surface area contributed by atoms with Gasteiger partial charge in [0.15, 0.2) is 0 Å². The first-order valence-corrected chi connectivity index (χ1v) is 12.3. The summed E-state index contributed by atoms with van der Waals surface area (Å²) in [4.78, 5) is 3.32. The van der Waals surface area contributed by atoms with E-state index in [1.54, 1.807) is 5.57 Å². The van der Waals surface area contributed by atoms with E-state index in [4.69, 9.17) is 4.74 Å². The van der Waals surface area contributed by atoms with Gasteiger partial charge in [-0.3, -0.25) is 0 Å². The zero-order valence-electron chi connectivity index (χ0n) is 13.6. The Morgan fingerprint density at radius 1 is 0.875 bits per heavy atom. The van der Waals surface area contributed by atoms with E-state index in [0.29, 0.717) is 41.9 Å². The van der Waals surface area contributed by atoms with Gasteiger partial charge >= 0.3 is 157 Å². The van der Waals surface area contributed by atoms with E-state index in [1.165, 1.54) is 28.2 Å². The second kappa shape index (κ2) is 8.04. The molecule has 0 amide bonds. The van der Waals surface area contributed by atoms with Crippen molar-refractivity contribution >= 4 is 38.8 Å². The quantitative estimate of drug-likeness (QED) is 0.654. The minimum absolute atomic E-state index is 0.427. The molecule has 2 aromatic rings. The molecule has 1 saturated carbocycles. The van der Waals surface area contributed by atoms with Gasteiger partial charge in [0.05, 0.1) is 0 Å². The molecule has 4 rings (SSSR count). The monoisotopic (exact) mass is 450 g/mol. The van der Waals surface area contributed by atoms with Gasteiger partial charge in [0.25, 0.3) is 0 Å². The third-order valence-corrected chi connectivity index (χ3v) is 9.70. The van der Waals surface area contributed by atoms with E-state index >= 15 is 0 Å². The summed E-state index contributed by atoms with van der Waals surface area (Å²) in [6.07, 6.45) is 4.43.